The zero-order valence-electron chi connectivity index (χ0n) is 37.0. The van der Waals surface area contributed by atoms with Gasteiger partial charge in [0.1, 0.15) is 24.4 Å². The van der Waals surface area contributed by atoms with Crippen LogP contribution >= 0.6 is 0 Å². The van der Waals surface area contributed by atoms with Crippen molar-refractivity contribution in [1.29, 1.82) is 0 Å². The summed E-state index contributed by atoms with van der Waals surface area (Å²) in [5, 5.41) is 54.2. The van der Waals surface area contributed by atoms with E-state index in [-0.39, 0.29) is 12.5 Å². The molecule has 0 aromatic rings. The molecule has 0 aromatic carbocycles. The standard InChI is InChI=1S/C49H89NO8/c1-3-5-7-9-11-13-15-17-19-21-23-24-26-28-30-32-34-36-38-43(52)42(41-57-49-48(56)47(55)46(54)44(40-51)58-49)50-45(53)39-37-35-33-31-29-27-25-22-20-18-16-14-12-10-8-6-4-2/h18,20-21,23,28,30,36,38,42-44,46-49,51-52,54-56H,3-17,19,22,24-27,29,31-35,37,39-41H2,1-2H3,(H,50,53)/b20-18-,23-21+,30-28+,38-36+. The number of aliphatic hydroxyl groups is 5. The predicted molar refractivity (Wildman–Crippen MR) is 239 cm³/mol. The fourth-order valence-electron chi connectivity index (χ4n) is 7.24. The summed E-state index contributed by atoms with van der Waals surface area (Å²) in [5.41, 5.74) is 0. The van der Waals surface area contributed by atoms with Crippen molar-refractivity contribution >= 4 is 5.91 Å². The number of nitrogens with one attached hydrogen (secondary N) is 1. The van der Waals surface area contributed by atoms with Crippen LogP contribution in [0.2, 0.25) is 0 Å². The van der Waals surface area contributed by atoms with E-state index < -0.39 is 49.5 Å². The molecule has 1 rings (SSSR count). The molecule has 1 aliphatic heterocycles. The van der Waals surface area contributed by atoms with Crippen LogP contribution in [0.1, 0.15) is 200 Å². The first-order chi connectivity index (χ1) is 28.3. The fraction of sp³-hybridized carbons (Fsp3) is 0.816. The second-order valence-corrected chi connectivity index (χ2v) is 16.5. The van der Waals surface area contributed by atoms with Crippen LogP contribution < -0.4 is 5.32 Å². The SMILES string of the molecule is CCCCCCCC/C=C\CCCCCCCCCC(=O)NC(COC1OC(CO)C(O)C(O)C1O)C(O)/C=C/CC/C=C/CC/C=C/CCCCCCCCCC. The maximum Gasteiger partial charge on any atom is 0.220 e. The molecule has 1 fully saturated rings. The summed E-state index contributed by atoms with van der Waals surface area (Å²) in [7, 11) is 0. The highest BCUT2D eigenvalue weighted by atomic mass is 16.7. The number of allylic oxidation sites excluding steroid dienone is 7. The summed E-state index contributed by atoms with van der Waals surface area (Å²) in [6.45, 7) is 3.74. The number of carbonyl (C=O) groups is 1. The Balaban J connectivity index is 2.39. The minimum absolute atomic E-state index is 0.197. The number of unbranched alkanes of at least 4 members (excludes halogenated alkanes) is 23. The molecule has 1 heterocycles. The number of ether oxygens (including phenoxy) is 2. The first kappa shape index (κ1) is 54.2. The predicted octanol–water partition coefficient (Wildman–Crippen LogP) is 10.2. The van der Waals surface area contributed by atoms with Crippen LogP contribution in [0.4, 0.5) is 0 Å². The Morgan fingerprint density at radius 1 is 0.569 bits per heavy atom. The number of amides is 1. The van der Waals surface area contributed by atoms with Gasteiger partial charge < -0.3 is 40.3 Å². The van der Waals surface area contributed by atoms with Crippen molar-refractivity contribution in [3.05, 3.63) is 48.6 Å². The number of hydrogen-bond acceptors (Lipinski definition) is 8. The summed E-state index contributed by atoms with van der Waals surface area (Å²) in [4.78, 5) is 13.0. The van der Waals surface area contributed by atoms with Crippen LogP contribution in [0.25, 0.3) is 0 Å². The average molecular weight is 820 g/mol. The smallest absolute Gasteiger partial charge is 0.220 e. The van der Waals surface area contributed by atoms with Crippen molar-refractivity contribution in [1.82, 2.24) is 5.32 Å². The lowest BCUT2D eigenvalue weighted by Gasteiger charge is -2.40. The Kier molecular flexibility index (Phi) is 36.7. The highest BCUT2D eigenvalue weighted by Gasteiger charge is 2.44. The topological polar surface area (TPSA) is 149 Å². The molecular formula is C49H89NO8. The van der Waals surface area contributed by atoms with Crippen LogP contribution in [0.5, 0.6) is 0 Å². The molecule has 9 nitrogen and oxygen atoms in total. The first-order valence-electron chi connectivity index (χ1n) is 23.9. The first-order valence-corrected chi connectivity index (χ1v) is 23.9. The molecule has 7 unspecified atom stereocenters. The van der Waals surface area contributed by atoms with E-state index in [2.05, 4.69) is 55.6 Å². The Labute approximate surface area is 354 Å². The van der Waals surface area contributed by atoms with Crippen molar-refractivity contribution in [3.63, 3.8) is 0 Å². The van der Waals surface area contributed by atoms with E-state index in [0.717, 1.165) is 57.8 Å². The molecule has 1 aliphatic rings. The molecule has 0 saturated carbocycles. The van der Waals surface area contributed by atoms with Crippen LogP contribution in [0.3, 0.4) is 0 Å². The molecule has 0 spiro atoms. The highest BCUT2D eigenvalue weighted by molar-refractivity contribution is 5.76. The Morgan fingerprint density at radius 2 is 0.983 bits per heavy atom. The van der Waals surface area contributed by atoms with Gasteiger partial charge in [-0.2, -0.15) is 0 Å². The molecule has 0 aromatic heterocycles. The van der Waals surface area contributed by atoms with Gasteiger partial charge in [-0.05, 0) is 70.6 Å². The highest BCUT2D eigenvalue weighted by Crippen LogP contribution is 2.22. The van der Waals surface area contributed by atoms with Gasteiger partial charge in [0.2, 0.25) is 5.91 Å². The van der Waals surface area contributed by atoms with E-state index in [9.17, 15) is 30.3 Å². The summed E-state index contributed by atoms with van der Waals surface area (Å²) in [6, 6.07) is -0.830. The summed E-state index contributed by atoms with van der Waals surface area (Å²) >= 11 is 0. The van der Waals surface area contributed by atoms with Crippen molar-refractivity contribution in [2.24, 2.45) is 0 Å². The summed E-state index contributed by atoms with van der Waals surface area (Å²) in [5.74, 6) is -0.197. The third kappa shape index (κ3) is 29.4. The monoisotopic (exact) mass is 820 g/mol. The van der Waals surface area contributed by atoms with Gasteiger partial charge in [0, 0.05) is 6.42 Å². The minimum Gasteiger partial charge on any atom is -0.394 e. The van der Waals surface area contributed by atoms with Gasteiger partial charge in [0.25, 0.3) is 0 Å². The van der Waals surface area contributed by atoms with Crippen LogP contribution in [0, 0.1) is 0 Å². The van der Waals surface area contributed by atoms with Crippen molar-refractivity contribution in [2.45, 2.75) is 243 Å². The van der Waals surface area contributed by atoms with E-state index in [1.54, 1.807) is 6.08 Å². The van der Waals surface area contributed by atoms with Gasteiger partial charge in [-0.15, -0.1) is 0 Å². The Morgan fingerprint density at radius 3 is 1.45 bits per heavy atom. The Bertz CT molecular complexity index is 1050. The number of rotatable bonds is 39. The van der Waals surface area contributed by atoms with Gasteiger partial charge in [-0.3, -0.25) is 4.79 Å². The van der Waals surface area contributed by atoms with Gasteiger partial charge in [-0.1, -0.05) is 172 Å². The van der Waals surface area contributed by atoms with E-state index in [1.165, 1.54) is 122 Å². The average Bonchev–Trinajstić information content (AvgIpc) is 3.22. The zero-order valence-corrected chi connectivity index (χ0v) is 37.0. The fourth-order valence-corrected chi connectivity index (χ4v) is 7.24. The summed E-state index contributed by atoms with van der Waals surface area (Å²) < 4.78 is 11.2. The van der Waals surface area contributed by atoms with Crippen molar-refractivity contribution in [2.75, 3.05) is 13.2 Å². The number of aliphatic hydroxyl groups excluding tert-OH is 5. The lowest BCUT2D eigenvalue weighted by molar-refractivity contribution is -0.302. The molecule has 7 atom stereocenters. The third-order valence-electron chi connectivity index (χ3n) is 11.1. The van der Waals surface area contributed by atoms with Crippen molar-refractivity contribution < 1.29 is 39.8 Å². The molecule has 0 radical (unpaired) electrons. The largest absolute Gasteiger partial charge is 0.394 e. The lowest BCUT2D eigenvalue weighted by Crippen LogP contribution is -2.60. The third-order valence-corrected chi connectivity index (χ3v) is 11.1. The van der Waals surface area contributed by atoms with E-state index in [4.69, 9.17) is 9.47 Å². The van der Waals surface area contributed by atoms with Crippen molar-refractivity contribution in [3.8, 4) is 0 Å². The van der Waals surface area contributed by atoms with Crippen LogP contribution in [0.15, 0.2) is 48.6 Å². The molecule has 9 heteroatoms. The number of hydrogen-bond donors (Lipinski definition) is 6. The van der Waals surface area contributed by atoms with E-state index in [1.807, 2.05) is 6.08 Å². The summed E-state index contributed by atoms with van der Waals surface area (Å²) in [6.07, 6.45) is 42.9. The van der Waals surface area contributed by atoms with E-state index in [0.29, 0.717) is 6.42 Å². The normalized spacial score (nSPS) is 21.3. The van der Waals surface area contributed by atoms with E-state index >= 15 is 0 Å². The zero-order chi connectivity index (χ0) is 42.3. The molecular weight excluding hydrogens is 731 g/mol. The molecule has 338 valence electrons. The van der Waals surface area contributed by atoms with Gasteiger partial charge in [0.05, 0.1) is 25.4 Å². The lowest BCUT2D eigenvalue weighted by atomic mass is 9.99. The molecule has 58 heavy (non-hydrogen) atoms. The van der Waals surface area contributed by atoms with Crippen LogP contribution in [-0.4, -0.2) is 87.5 Å². The molecule has 1 amide bonds. The second kappa shape index (κ2) is 39.3. The minimum atomic E-state index is -1.57. The van der Waals surface area contributed by atoms with Gasteiger partial charge in [0.15, 0.2) is 6.29 Å². The maximum absolute atomic E-state index is 13.0. The molecule has 1 saturated heterocycles. The second-order valence-electron chi connectivity index (χ2n) is 16.5. The van der Waals surface area contributed by atoms with Gasteiger partial charge >= 0.3 is 0 Å². The quantitative estimate of drug-likeness (QED) is 0.0265. The van der Waals surface area contributed by atoms with Crippen LogP contribution in [-0.2, 0) is 14.3 Å². The molecule has 0 bridgehead atoms. The maximum atomic E-state index is 13.0. The molecule has 0 aliphatic carbocycles. The molecule has 6 N–H and O–H groups in total. The number of carbonyl (C=O) groups excluding carboxylic acids is 1. The Hall–Kier alpha value is -1.85. The van der Waals surface area contributed by atoms with Gasteiger partial charge in [-0.25, -0.2) is 0 Å².